The van der Waals surface area contributed by atoms with Gasteiger partial charge in [0.1, 0.15) is 24.5 Å². The molecule has 190 valence electrons. The van der Waals surface area contributed by atoms with Gasteiger partial charge in [0, 0.05) is 43.5 Å². The second-order valence-electron chi connectivity index (χ2n) is 9.72. The summed E-state index contributed by atoms with van der Waals surface area (Å²) in [5.74, 6) is 0.827. The Morgan fingerprint density at radius 2 is 1.89 bits per heavy atom. The summed E-state index contributed by atoms with van der Waals surface area (Å²) in [4.78, 5) is 22.8. The predicted octanol–water partition coefficient (Wildman–Crippen LogP) is 1.96. The first-order valence-electron chi connectivity index (χ1n) is 12.4. The average molecular weight is 493 g/mol. The topological polar surface area (TPSA) is 96.5 Å². The minimum atomic E-state index is 0.0747. The molecule has 0 bridgehead atoms. The van der Waals surface area contributed by atoms with Crippen LogP contribution in [0, 0.1) is 6.92 Å². The van der Waals surface area contributed by atoms with Crippen molar-refractivity contribution >= 4 is 11.6 Å². The molecule has 0 spiro atoms. The number of carbonyl (C=O) groups is 1. The first kappa shape index (κ1) is 24.5. The van der Waals surface area contributed by atoms with Gasteiger partial charge in [-0.25, -0.2) is 9.28 Å². The molecule has 3 aromatic rings. The van der Waals surface area contributed by atoms with Crippen LogP contribution in [0.4, 0.5) is 5.69 Å². The molecule has 4 heterocycles. The fourth-order valence-electron chi connectivity index (χ4n) is 4.91. The van der Waals surface area contributed by atoms with Gasteiger partial charge in [0.15, 0.2) is 11.4 Å². The van der Waals surface area contributed by atoms with Crippen LogP contribution in [0.3, 0.4) is 0 Å². The SMILES string of the molecule is Cc1cccc(-c2n[nH]nc2-c2ccc3c(c2)[N+](CCN(C)C)(CCN2CCOCC2)C(=O)CO3)n1. The average Bonchev–Trinajstić information content (AvgIpc) is 3.38. The quantitative estimate of drug-likeness (QED) is 0.477. The Morgan fingerprint density at radius 3 is 2.67 bits per heavy atom. The van der Waals surface area contributed by atoms with E-state index < -0.39 is 0 Å². The molecule has 0 radical (unpaired) electrons. The van der Waals surface area contributed by atoms with Gasteiger partial charge in [-0.1, -0.05) is 6.07 Å². The second-order valence-corrected chi connectivity index (χ2v) is 9.72. The third-order valence-electron chi connectivity index (χ3n) is 7.03. The van der Waals surface area contributed by atoms with E-state index in [2.05, 4.69) is 36.3 Å². The maximum atomic E-state index is 13.6. The van der Waals surface area contributed by atoms with Crippen molar-refractivity contribution in [1.29, 1.82) is 0 Å². The zero-order valence-corrected chi connectivity index (χ0v) is 21.2. The number of fused-ring (bicyclic) bond motifs is 1. The van der Waals surface area contributed by atoms with E-state index in [0.717, 1.165) is 67.8 Å². The summed E-state index contributed by atoms with van der Waals surface area (Å²) in [6.45, 7) is 8.21. The van der Waals surface area contributed by atoms with Crippen molar-refractivity contribution in [3.63, 3.8) is 0 Å². The number of nitrogens with zero attached hydrogens (tertiary/aromatic N) is 6. The van der Waals surface area contributed by atoms with Gasteiger partial charge in [-0.2, -0.15) is 15.4 Å². The van der Waals surface area contributed by atoms with E-state index >= 15 is 0 Å². The standard InChI is InChI=1S/C26H34N7O3/c1-19-5-4-6-21(27-19)26-25(28-30-29-26)20-7-8-23-22(17-20)33(13-9-31(2)3,24(34)18-36-23)14-10-32-11-15-35-16-12-32/h4-8,17H,9-16,18H2,1-3H3,(H,28,29,30)/q+1. The van der Waals surface area contributed by atoms with Crippen LogP contribution in [0.25, 0.3) is 22.6 Å². The lowest BCUT2D eigenvalue weighted by molar-refractivity contribution is -0.134. The fourth-order valence-corrected chi connectivity index (χ4v) is 4.91. The Hall–Kier alpha value is -3.18. The highest BCUT2D eigenvalue weighted by molar-refractivity contribution is 5.94. The molecular weight excluding hydrogens is 458 g/mol. The fraction of sp³-hybridized carbons (Fsp3) is 0.462. The molecule has 2 aliphatic rings. The van der Waals surface area contributed by atoms with Crippen molar-refractivity contribution in [2.24, 2.45) is 0 Å². The molecule has 0 saturated carbocycles. The third kappa shape index (κ3) is 4.90. The van der Waals surface area contributed by atoms with Gasteiger partial charge in [-0.15, -0.1) is 0 Å². The van der Waals surface area contributed by atoms with Crippen molar-refractivity contribution < 1.29 is 14.3 Å². The summed E-state index contributed by atoms with van der Waals surface area (Å²) in [7, 11) is 4.08. The lowest BCUT2D eigenvalue weighted by Crippen LogP contribution is -2.63. The van der Waals surface area contributed by atoms with E-state index in [1.165, 1.54) is 0 Å². The summed E-state index contributed by atoms with van der Waals surface area (Å²) in [6.07, 6.45) is 0. The summed E-state index contributed by atoms with van der Waals surface area (Å²) in [5.41, 5.74) is 4.80. The summed E-state index contributed by atoms with van der Waals surface area (Å²) in [6, 6.07) is 11.8. The van der Waals surface area contributed by atoms with Gasteiger partial charge in [0.05, 0.1) is 18.9 Å². The number of aromatic amines is 1. The molecule has 2 aliphatic heterocycles. The van der Waals surface area contributed by atoms with E-state index in [1.54, 1.807) is 0 Å². The number of likely N-dealkylation sites (N-methyl/N-ethyl adjacent to an activating group) is 1. The molecular formula is C26H34N7O3+. The maximum absolute atomic E-state index is 13.6. The highest BCUT2D eigenvalue weighted by Crippen LogP contribution is 2.41. The summed E-state index contributed by atoms with van der Waals surface area (Å²) >= 11 is 0. The van der Waals surface area contributed by atoms with E-state index in [0.29, 0.717) is 24.5 Å². The molecule has 1 aromatic carbocycles. The van der Waals surface area contributed by atoms with Crippen molar-refractivity contribution in [2.75, 3.05) is 73.2 Å². The molecule has 1 atom stereocenters. The number of amides is 1. The largest absolute Gasteiger partial charge is 0.473 e. The Kier molecular flexibility index (Phi) is 7.10. The number of ether oxygens (including phenoxy) is 2. The number of hydrogen-bond donors (Lipinski definition) is 1. The van der Waals surface area contributed by atoms with Crippen LogP contribution in [0.2, 0.25) is 0 Å². The molecule has 1 saturated heterocycles. The molecule has 5 rings (SSSR count). The van der Waals surface area contributed by atoms with Crippen LogP contribution >= 0.6 is 0 Å². The number of aromatic nitrogens is 4. The molecule has 10 nitrogen and oxygen atoms in total. The number of rotatable bonds is 8. The van der Waals surface area contributed by atoms with Gasteiger partial charge in [-0.3, -0.25) is 9.88 Å². The highest BCUT2D eigenvalue weighted by atomic mass is 16.5. The van der Waals surface area contributed by atoms with E-state index in [-0.39, 0.29) is 17.0 Å². The molecule has 2 aromatic heterocycles. The lowest BCUT2D eigenvalue weighted by Gasteiger charge is -2.41. The van der Waals surface area contributed by atoms with Crippen LogP contribution in [0.15, 0.2) is 36.4 Å². The van der Waals surface area contributed by atoms with Crippen LogP contribution in [-0.2, 0) is 9.53 Å². The first-order chi connectivity index (χ1) is 17.5. The van der Waals surface area contributed by atoms with Gasteiger partial charge >= 0.3 is 5.91 Å². The van der Waals surface area contributed by atoms with Crippen LogP contribution < -0.4 is 9.22 Å². The molecule has 1 amide bonds. The summed E-state index contributed by atoms with van der Waals surface area (Å²) in [5, 5.41) is 11.6. The highest BCUT2D eigenvalue weighted by Gasteiger charge is 2.45. The number of hydrogen-bond acceptors (Lipinski definition) is 8. The number of benzene rings is 1. The normalized spacial score (nSPS) is 20.4. The molecule has 1 N–H and O–H groups in total. The Bertz CT molecular complexity index is 1220. The van der Waals surface area contributed by atoms with E-state index in [4.69, 9.17) is 9.47 Å². The molecule has 10 heteroatoms. The minimum absolute atomic E-state index is 0.0747. The molecule has 0 aliphatic carbocycles. The van der Waals surface area contributed by atoms with Crippen molar-refractivity contribution in [2.45, 2.75) is 6.92 Å². The van der Waals surface area contributed by atoms with Gasteiger partial charge < -0.3 is 14.4 Å². The predicted molar refractivity (Wildman–Crippen MR) is 138 cm³/mol. The smallest absolute Gasteiger partial charge is 0.356 e. The van der Waals surface area contributed by atoms with Crippen molar-refractivity contribution in [1.82, 2.24) is 34.7 Å². The summed E-state index contributed by atoms with van der Waals surface area (Å²) < 4.78 is 11.7. The number of quaternary nitrogens is 1. The number of nitrogens with one attached hydrogen (secondary N) is 1. The number of morpholine rings is 1. The van der Waals surface area contributed by atoms with E-state index in [1.807, 2.05) is 51.4 Å². The number of H-pyrrole nitrogens is 1. The zero-order chi connectivity index (χ0) is 25.1. The zero-order valence-electron chi connectivity index (χ0n) is 21.2. The van der Waals surface area contributed by atoms with Gasteiger partial charge in [0.2, 0.25) is 6.61 Å². The second kappa shape index (κ2) is 10.4. The monoisotopic (exact) mass is 492 g/mol. The molecule has 1 unspecified atom stereocenters. The minimum Gasteiger partial charge on any atom is -0.473 e. The van der Waals surface area contributed by atoms with Crippen molar-refractivity contribution in [3.8, 4) is 28.4 Å². The number of pyridine rings is 1. The third-order valence-corrected chi connectivity index (χ3v) is 7.03. The molecule has 36 heavy (non-hydrogen) atoms. The Morgan fingerprint density at radius 1 is 1.08 bits per heavy atom. The first-order valence-corrected chi connectivity index (χ1v) is 12.4. The molecule has 1 fully saturated rings. The maximum Gasteiger partial charge on any atom is 0.356 e. The number of carbonyl (C=O) groups excluding carboxylic acids is 1. The lowest BCUT2D eigenvalue weighted by atomic mass is 10.0. The number of aryl methyl sites for hydroxylation is 1. The Balaban J connectivity index is 1.55. The van der Waals surface area contributed by atoms with Gasteiger partial charge in [-0.05, 0) is 45.3 Å². The van der Waals surface area contributed by atoms with Crippen LogP contribution in [0.1, 0.15) is 5.69 Å². The van der Waals surface area contributed by atoms with Gasteiger partial charge in [0.25, 0.3) is 0 Å². The van der Waals surface area contributed by atoms with Crippen LogP contribution in [-0.4, -0.2) is 109 Å². The van der Waals surface area contributed by atoms with Crippen molar-refractivity contribution in [3.05, 3.63) is 42.1 Å². The van der Waals surface area contributed by atoms with Crippen LogP contribution in [0.5, 0.6) is 5.75 Å². The Labute approximate surface area is 211 Å². The van der Waals surface area contributed by atoms with E-state index in [9.17, 15) is 4.79 Å².